The second-order valence-electron chi connectivity index (χ2n) is 17.1. The number of alkyl carbamates (subject to hydrolysis) is 1. The van der Waals surface area contributed by atoms with Crippen LogP contribution in [0.2, 0.25) is 0 Å². The molecule has 0 saturated heterocycles. The van der Waals surface area contributed by atoms with Crippen molar-refractivity contribution < 1.29 is 57.2 Å². The van der Waals surface area contributed by atoms with Crippen molar-refractivity contribution in [1.29, 1.82) is 0 Å². The van der Waals surface area contributed by atoms with Crippen LogP contribution in [0.5, 0.6) is 0 Å². The highest BCUT2D eigenvalue weighted by Gasteiger charge is 2.27. The third-order valence-corrected chi connectivity index (χ3v) is 8.97. The van der Waals surface area contributed by atoms with E-state index in [1.54, 1.807) is 41.5 Å². The summed E-state index contributed by atoms with van der Waals surface area (Å²) in [5.74, 6) is -3.38. The summed E-state index contributed by atoms with van der Waals surface area (Å²) in [6.45, 7) is 10.3. The molecule has 3 atom stereocenters. The molecule has 3 unspecified atom stereocenters. The monoisotopic (exact) mass is 873 g/mol. The van der Waals surface area contributed by atoms with Crippen molar-refractivity contribution in [3.63, 3.8) is 0 Å². The highest BCUT2D eigenvalue weighted by atomic mass is 16.6. The predicted molar refractivity (Wildman–Crippen MR) is 233 cm³/mol. The van der Waals surface area contributed by atoms with Gasteiger partial charge in [-0.25, -0.2) is 4.79 Å². The third-order valence-electron chi connectivity index (χ3n) is 8.97. The molecule has 3 rings (SSSR count). The minimum absolute atomic E-state index is 0.00863. The van der Waals surface area contributed by atoms with Crippen LogP contribution < -0.4 is 16.0 Å². The summed E-state index contributed by atoms with van der Waals surface area (Å²) in [5.41, 5.74) is 0.731. The van der Waals surface area contributed by atoms with Crippen LogP contribution >= 0.6 is 0 Å². The molecule has 342 valence electrons. The summed E-state index contributed by atoms with van der Waals surface area (Å²) >= 11 is 0. The number of hydrogen-bond acceptors (Lipinski definition) is 12. The van der Waals surface area contributed by atoms with E-state index < -0.39 is 71.1 Å². The van der Waals surface area contributed by atoms with Gasteiger partial charge in [0.1, 0.15) is 31.0 Å². The molecule has 15 heteroatoms. The summed E-state index contributed by atoms with van der Waals surface area (Å²) < 4.78 is 27.1. The number of rotatable bonds is 24. The van der Waals surface area contributed by atoms with Crippen molar-refractivity contribution in [3.8, 4) is 0 Å². The number of carbonyl (C=O) groups is 7. The molecule has 0 aromatic heterocycles. The van der Waals surface area contributed by atoms with Crippen LogP contribution in [0.3, 0.4) is 0 Å². The van der Waals surface area contributed by atoms with Crippen LogP contribution in [0.4, 0.5) is 4.79 Å². The first-order valence-corrected chi connectivity index (χ1v) is 21.2. The van der Waals surface area contributed by atoms with E-state index in [0.717, 1.165) is 16.7 Å². The number of carbonyl (C=O) groups excluding carboxylic acids is 7. The molecule has 0 spiro atoms. The first kappa shape index (κ1) is 51.1. The van der Waals surface area contributed by atoms with Crippen LogP contribution in [-0.4, -0.2) is 71.1 Å². The molecular formula is C48H63N3O12. The first-order chi connectivity index (χ1) is 29.8. The lowest BCUT2D eigenvalue weighted by molar-refractivity contribution is -0.156. The number of benzene rings is 3. The van der Waals surface area contributed by atoms with Crippen molar-refractivity contribution in [2.45, 2.75) is 148 Å². The molecular weight excluding hydrogens is 811 g/mol. The molecule has 15 nitrogen and oxygen atoms in total. The Hall–Kier alpha value is -6.25. The fraction of sp³-hybridized carbons (Fsp3) is 0.479. The molecule has 0 aliphatic heterocycles. The third kappa shape index (κ3) is 24.1. The molecule has 0 aliphatic carbocycles. The fourth-order valence-corrected chi connectivity index (χ4v) is 6.06. The molecule has 0 saturated carbocycles. The Bertz CT molecular complexity index is 1800. The molecule has 3 N–H and O–H groups in total. The molecule has 63 heavy (non-hydrogen) atoms. The zero-order chi connectivity index (χ0) is 46.3. The molecule has 3 aromatic carbocycles. The molecule has 0 heterocycles. The van der Waals surface area contributed by atoms with Crippen LogP contribution in [0, 0.1) is 0 Å². The number of nitrogens with one attached hydrogen (secondary N) is 3. The molecule has 0 fully saturated rings. The van der Waals surface area contributed by atoms with Crippen LogP contribution in [-0.2, 0) is 72.3 Å². The Morgan fingerprint density at radius 3 is 1.08 bits per heavy atom. The maximum Gasteiger partial charge on any atom is 0.407 e. The van der Waals surface area contributed by atoms with Gasteiger partial charge >= 0.3 is 30.0 Å². The molecule has 0 bridgehead atoms. The Kier molecular flexibility index (Phi) is 21.3. The van der Waals surface area contributed by atoms with Gasteiger partial charge in [0.2, 0.25) is 11.8 Å². The quantitative estimate of drug-likeness (QED) is 0.0620. The lowest BCUT2D eigenvalue weighted by atomic mass is 10.0. The van der Waals surface area contributed by atoms with Gasteiger partial charge in [0.15, 0.2) is 0 Å². The second kappa shape index (κ2) is 26.3. The summed E-state index contributed by atoms with van der Waals surface area (Å²) in [5, 5.41) is 8.28. The van der Waals surface area contributed by atoms with Crippen molar-refractivity contribution in [2.75, 3.05) is 0 Å². The average molecular weight is 874 g/mol. The highest BCUT2D eigenvalue weighted by Crippen LogP contribution is 2.16. The smallest absolute Gasteiger partial charge is 0.407 e. The zero-order valence-corrected chi connectivity index (χ0v) is 37.3. The molecule has 3 aromatic rings. The van der Waals surface area contributed by atoms with E-state index in [9.17, 15) is 33.6 Å². The van der Waals surface area contributed by atoms with Gasteiger partial charge in [-0.15, -0.1) is 0 Å². The summed E-state index contributed by atoms with van der Waals surface area (Å²) in [6, 6.07) is 24.7. The van der Waals surface area contributed by atoms with E-state index in [1.807, 2.05) is 91.0 Å². The Balaban J connectivity index is 1.72. The van der Waals surface area contributed by atoms with Gasteiger partial charge in [0.05, 0.1) is 6.42 Å². The minimum Gasteiger partial charge on any atom is -0.461 e. The second-order valence-corrected chi connectivity index (χ2v) is 17.1. The van der Waals surface area contributed by atoms with Crippen molar-refractivity contribution in [2.24, 2.45) is 0 Å². The molecule has 0 radical (unpaired) electrons. The number of hydrogen-bond donors (Lipinski definition) is 3. The zero-order valence-electron chi connectivity index (χ0n) is 37.3. The van der Waals surface area contributed by atoms with Crippen LogP contribution in [0.1, 0.15) is 116 Å². The predicted octanol–water partition coefficient (Wildman–Crippen LogP) is 6.93. The molecule has 0 aliphatic rings. The van der Waals surface area contributed by atoms with E-state index in [0.29, 0.717) is 0 Å². The highest BCUT2D eigenvalue weighted by molar-refractivity contribution is 5.82. The Morgan fingerprint density at radius 1 is 0.429 bits per heavy atom. The summed E-state index contributed by atoms with van der Waals surface area (Å²) in [6.07, 6.45) is -2.01. The van der Waals surface area contributed by atoms with E-state index >= 15 is 0 Å². The maximum atomic E-state index is 13.7. The van der Waals surface area contributed by atoms with Crippen molar-refractivity contribution >= 4 is 41.8 Å². The Labute approximate surface area is 370 Å². The van der Waals surface area contributed by atoms with Gasteiger partial charge in [-0.2, -0.15) is 0 Å². The average Bonchev–Trinajstić information content (AvgIpc) is 3.21. The SMILES string of the molecule is CC(C)(C)OC(=O)CC(CCC(=O)OCc1ccccc1)NC(=O)CC(CCC(=O)OCc1ccccc1)NC(=O)CC(CCC(=O)OCc1ccccc1)NC(=O)OC(C)(C)C. The van der Waals surface area contributed by atoms with E-state index in [1.165, 1.54) is 0 Å². The lowest BCUT2D eigenvalue weighted by Gasteiger charge is -2.25. The maximum absolute atomic E-state index is 13.7. The van der Waals surface area contributed by atoms with Gasteiger partial charge < -0.3 is 39.6 Å². The van der Waals surface area contributed by atoms with E-state index in [4.69, 9.17) is 23.7 Å². The summed E-state index contributed by atoms with van der Waals surface area (Å²) in [4.78, 5) is 91.4. The van der Waals surface area contributed by atoms with Crippen molar-refractivity contribution in [3.05, 3.63) is 108 Å². The summed E-state index contributed by atoms with van der Waals surface area (Å²) in [7, 11) is 0. The first-order valence-electron chi connectivity index (χ1n) is 21.2. The standard InChI is InChI=1S/C48H63N3O12/c1-47(2,3)62-45(57)30-39(24-27-44(56)61-33-36-20-14-9-15-21-36)50-40(52)28-37(22-25-42(54)59-31-34-16-10-7-11-17-34)49-41(53)29-38(51-46(58)63-48(4,5)6)23-26-43(55)60-32-35-18-12-8-13-19-35/h7-21,37-39H,22-33H2,1-6H3,(H,49,53)(H,50,52)(H,51,58). The van der Waals surface area contributed by atoms with Gasteiger partial charge in [-0.1, -0.05) is 91.0 Å². The van der Waals surface area contributed by atoms with Gasteiger partial charge in [0, 0.05) is 50.2 Å². The largest absolute Gasteiger partial charge is 0.461 e. The van der Waals surface area contributed by atoms with E-state index in [-0.39, 0.29) is 77.6 Å². The van der Waals surface area contributed by atoms with E-state index in [2.05, 4.69) is 16.0 Å². The van der Waals surface area contributed by atoms with Crippen molar-refractivity contribution in [1.82, 2.24) is 16.0 Å². The normalized spacial score (nSPS) is 12.7. The Morgan fingerprint density at radius 2 is 0.746 bits per heavy atom. The fourth-order valence-electron chi connectivity index (χ4n) is 6.06. The minimum atomic E-state index is -0.919. The number of esters is 4. The van der Waals surface area contributed by atoms with Gasteiger partial charge in [-0.3, -0.25) is 28.8 Å². The molecule has 3 amide bonds. The van der Waals surface area contributed by atoms with Crippen LogP contribution in [0.15, 0.2) is 91.0 Å². The van der Waals surface area contributed by atoms with Gasteiger partial charge in [-0.05, 0) is 77.5 Å². The lowest BCUT2D eigenvalue weighted by Crippen LogP contribution is -2.46. The van der Waals surface area contributed by atoms with Crippen LogP contribution in [0.25, 0.3) is 0 Å². The topological polar surface area (TPSA) is 202 Å². The van der Waals surface area contributed by atoms with Gasteiger partial charge in [0.25, 0.3) is 0 Å². The number of amides is 3. The number of ether oxygens (including phenoxy) is 5.